The van der Waals surface area contributed by atoms with E-state index in [0.717, 1.165) is 35.2 Å². The number of hydrazine groups is 1. The average Bonchev–Trinajstić information content (AvgIpc) is 3.14. The number of hydrogen-bond donors (Lipinski definition) is 3. The highest BCUT2D eigenvalue weighted by Gasteiger charge is 2.51. The van der Waals surface area contributed by atoms with E-state index in [4.69, 9.17) is 9.79 Å². The monoisotopic (exact) mass is 505 g/mol. The van der Waals surface area contributed by atoms with Gasteiger partial charge in [0.1, 0.15) is 12.5 Å². The van der Waals surface area contributed by atoms with E-state index < -0.39 is 18.8 Å². The number of aryl methyl sites for hydroxylation is 1. The van der Waals surface area contributed by atoms with Crippen molar-refractivity contribution in [3.05, 3.63) is 69.7 Å². The highest BCUT2D eigenvalue weighted by atomic mass is 79.9. The first-order valence-electron chi connectivity index (χ1n) is 8.68. The predicted molar refractivity (Wildman–Crippen MR) is 114 cm³/mol. The molecule has 0 spiro atoms. The second-order valence-electron chi connectivity index (χ2n) is 6.34. The molecule has 0 saturated carbocycles. The van der Waals surface area contributed by atoms with Crippen molar-refractivity contribution in [2.75, 3.05) is 12.4 Å². The van der Waals surface area contributed by atoms with Crippen molar-refractivity contribution in [3.8, 4) is 0 Å². The van der Waals surface area contributed by atoms with Crippen LogP contribution in [0, 0.1) is 0 Å². The number of halogens is 3. The van der Waals surface area contributed by atoms with Gasteiger partial charge in [0.25, 0.3) is 0 Å². The molecule has 0 saturated heterocycles. The molecule has 0 fully saturated rings. The Morgan fingerprint density at radius 1 is 1.24 bits per heavy atom. The maximum atomic E-state index is 13.9. The number of benzene rings is 2. The molecule has 0 aliphatic carbocycles. The van der Waals surface area contributed by atoms with Crippen LogP contribution >= 0.6 is 35.5 Å². The normalized spacial score (nSPS) is 15.3. The van der Waals surface area contributed by atoms with Crippen LogP contribution < -0.4 is 5.43 Å². The minimum atomic E-state index is -5.59. The summed E-state index contributed by atoms with van der Waals surface area (Å²) in [6.45, 7) is 0.534. The molecule has 1 heterocycles. The lowest BCUT2D eigenvalue weighted by Gasteiger charge is -2.19. The predicted octanol–water partition coefficient (Wildman–Crippen LogP) is 4.48. The summed E-state index contributed by atoms with van der Waals surface area (Å²) in [6, 6.07) is 13.8. The van der Waals surface area contributed by atoms with Crippen LogP contribution in [0.25, 0.3) is 0 Å². The van der Waals surface area contributed by atoms with Crippen LogP contribution in [0.2, 0.25) is 0 Å². The third kappa shape index (κ3) is 5.45. The minimum Gasteiger partial charge on any atom is -0.320 e. The maximum absolute atomic E-state index is 13.9. The Morgan fingerprint density at radius 2 is 1.97 bits per heavy atom. The molecule has 0 aromatic heterocycles. The van der Waals surface area contributed by atoms with Crippen LogP contribution in [0.15, 0.2) is 58.0 Å². The highest BCUT2D eigenvalue weighted by molar-refractivity contribution is 9.10. The average molecular weight is 506 g/mol. The molecule has 0 atom stereocenters. The lowest BCUT2D eigenvalue weighted by Crippen LogP contribution is -2.31. The van der Waals surface area contributed by atoms with E-state index in [-0.39, 0.29) is 4.47 Å². The van der Waals surface area contributed by atoms with Crippen molar-refractivity contribution in [2.45, 2.75) is 18.5 Å². The smallest absolute Gasteiger partial charge is 0.320 e. The summed E-state index contributed by atoms with van der Waals surface area (Å²) in [6.07, 6.45) is 1.44. The molecule has 0 radical (unpaired) electrons. The molecule has 3 rings (SSSR count). The van der Waals surface area contributed by atoms with Crippen molar-refractivity contribution in [1.29, 1.82) is 0 Å². The molecule has 156 valence electrons. The van der Waals surface area contributed by atoms with Gasteiger partial charge in [-0.3, -0.25) is 9.99 Å². The first-order chi connectivity index (χ1) is 13.7. The van der Waals surface area contributed by atoms with E-state index >= 15 is 0 Å². The topological polar surface area (TPSA) is 85.2 Å². The molecule has 1 aliphatic heterocycles. The Kier molecular flexibility index (Phi) is 7.14. The number of nitrogens with one attached hydrogen (secondary N) is 1. The van der Waals surface area contributed by atoms with Crippen molar-refractivity contribution in [3.63, 3.8) is 0 Å². The molecule has 2 aromatic rings. The number of nitrogens with zero attached hydrogens (tertiary/aromatic N) is 2. The minimum absolute atomic E-state index is 0.0157. The standard InChI is InChI=1S/C18H19BrF2N3O3PS/c19-16-11-13(8-9-15(16)18(20,21)28(25,26)27)5-4-10-29-24-12-22-17(23-24)14-6-2-1-3-7-14/h1-3,6-9,11H,4-5,10,12H2,(H,22,23)(H2,25,26,27). The number of rotatable bonds is 8. The van der Waals surface area contributed by atoms with E-state index in [2.05, 4.69) is 26.3 Å². The molecule has 11 heteroatoms. The van der Waals surface area contributed by atoms with Gasteiger partial charge < -0.3 is 9.79 Å². The van der Waals surface area contributed by atoms with E-state index in [1.807, 2.05) is 34.7 Å². The highest BCUT2D eigenvalue weighted by Crippen LogP contribution is 2.60. The van der Waals surface area contributed by atoms with Crippen LogP contribution in [0.1, 0.15) is 23.1 Å². The van der Waals surface area contributed by atoms with Crippen molar-refractivity contribution >= 4 is 41.3 Å². The summed E-state index contributed by atoms with van der Waals surface area (Å²) in [7, 11) is -5.59. The van der Waals surface area contributed by atoms with Gasteiger partial charge in [-0.15, -0.1) is 4.41 Å². The molecule has 0 amide bonds. The van der Waals surface area contributed by atoms with Crippen LogP contribution in [0.3, 0.4) is 0 Å². The molecule has 0 bridgehead atoms. The number of aliphatic imine (C=N–C) groups is 1. The van der Waals surface area contributed by atoms with Gasteiger partial charge in [0.15, 0.2) is 0 Å². The first-order valence-corrected chi connectivity index (χ1v) is 12.0. The van der Waals surface area contributed by atoms with E-state index in [1.54, 1.807) is 11.9 Å². The Balaban J connectivity index is 1.47. The second-order valence-corrected chi connectivity index (χ2v) is 9.95. The zero-order valence-electron chi connectivity index (χ0n) is 15.1. The van der Waals surface area contributed by atoms with Gasteiger partial charge in [-0.05, 0) is 24.5 Å². The molecule has 29 heavy (non-hydrogen) atoms. The van der Waals surface area contributed by atoms with Crippen LogP contribution in [-0.2, 0) is 16.6 Å². The lowest BCUT2D eigenvalue weighted by atomic mass is 10.1. The number of amidine groups is 1. The fourth-order valence-electron chi connectivity index (χ4n) is 2.71. The number of alkyl halides is 2. The largest absolute Gasteiger partial charge is 0.399 e. The molecule has 3 N–H and O–H groups in total. The van der Waals surface area contributed by atoms with E-state index in [9.17, 15) is 13.3 Å². The number of hydrogen-bond acceptors (Lipinski definition) is 5. The summed E-state index contributed by atoms with van der Waals surface area (Å²) in [5.74, 6) is 1.62. The van der Waals surface area contributed by atoms with Gasteiger partial charge in [0.2, 0.25) is 0 Å². The third-order valence-electron chi connectivity index (χ3n) is 4.22. The van der Waals surface area contributed by atoms with E-state index in [0.29, 0.717) is 13.1 Å². The first kappa shape index (κ1) is 22.4. The van der Waals surface area contributed by atoms with Crippen LogP contribution in [0.4, 0.5) is 8.78 Å². The van der Waals surface area contributed by atoms with Gasteiger partial charge in [0, 0.05) is 21.4 Å². The van der Waals surface area contributed by atoms with E-state index in [1.165, 1.54) is 12.1 Å². The molecule has 6 nitrogen and oxygen atoms in total. The van der Waals surface area contributed by atoms with Crippen molar-refractivity contribution in [2.24, 2.45) is 4.99 Å². The van der Waals surface area contributed by atoms with Gasteiger partial charge >= 0.3 is 13.3 Å². The Labute approximate surface area is 179 Å². The SMILES string of the molecule is O=P(O)(O)C(F)(F)c1ccc(CCCSN2CN=C(c3ccccc3)N2)cc1Br. The zero-order chi connectivity index (χ0) is 21.1. The van der Waals surface area contributed by atoms with Gasteiger partial charge in [0.05, 0.1) is 0 Å². The van der Waals surface area contributed by atoms with Gasteiger partial charge in [-0.1, -0.05) is 70.3 Å². The maximum Gasteiger partial charge on any atom is 0.399 e. The lowest BCUT2D eigenvalue weighted by molar-refractivity contribution is 0.0557. The third-order valence-corrected chi connectivity index (χ3v) is 6.83. The molecule has 2 aromatic carbocycles. The van der Waals surface area contributed by atoms with Crippen molar-refractivity contribution in [1.82, 2.24) is 9.84 Å². The summed E-state index contributed by atoms with van der Waals surface area (Å²) in [5.41, 5.74) is 0.123. The second kappa shape index (κ2) is 9.24. The molecular formula is C18H19BrF2N3O3PS. The molecule has 0 unspecified atom stereocenters. The fourth-order valence-corrected chi connectivity index (χ4v) is 4.84. The fraction of sp³-hybridized carbons (Fsp3) is 0.278. The zero-order valence-corrected chi connectivity index (χ0v) is 18.4. The van der Waals surface area contributed by atoms with Crippen molar-refractivity contribution < 1.29 is 23.1 Å². The van der Waals surface area contributed by atoms with Crippen LogP contribution in [-0.4, -0.2) is 32.5 Å². The Hall–Kier alpha value is -1.29. The summed E-state index contributed by atoms with van der Waals surface area (Å²) in [4.78, 5) is 22.2. The summed E-state index contributed by atoms with van der Waals surface area (Å²) >= 11 is 4.59. The van der Waals surface area contributed by atoms with Crippen LogP contribution in [0.5, 0.6) is 0 Å². The summed E-state index contributed by atoms with van der Waals surface area (Å²) < 4.78 is 40.7. The Morgan fingerprint density at radius 3 is 2.62 bits per heavy atom. The summed E-state index contributed by atoms with van der Waals surface area (Å²) in [5, 5.41) is 0. The molecule has 1 aliphatic rings. The Bertz CT molecular complexity index is 943. The van der Waals surface area contributed by atoms with Gasteiger partial charge in [-0.25, -0.2) is 4.99 Å². The quantitative estimate of drug-likeness (QED) is 0.278. The molecular weight excluding hydrogens is 487 g/mol. The van der Waals surface area contributed by atoms with Gasteiger partial charge in [-0.2, -0.15) is 8.78 Å².